The predicted molar refractivity (Wildman–Crippen MR) is 197 cm³/mol. The number of aryl methyl sites for hydroxylation is 1. The maximum Gasteiger partial charge on any atom is 0.407 e. The number of alkyl carbamates (subject to hydrolysis) is 1. The van der Waals surface area contributed by atoms with Crippen LogP contribution in [0.3, 0.4) is 0 Å². The third-order valence-electron chi connectivity index (χ3n) is 10.9. The van der Waals surface area contributed by atoms with E-state index in [4.69, 9.17) is 19.6 Å². The summed E-state index contributed by atoms with van der Waals surface area (Å²) in [5.41, 5.74) is 7.90. The summed E-state index contributed by atoms with van der Waals surface area (Å²) in [6.07, 6.45) is 9.95. The Bertz CT molecular complexity index is 1600. The van der Waals surface area contributed by atoms with Crippen molar-refractivity contribution < 1.29 is 33.1 Å². The molecule has 11 heteroatoms. The fourth-order valence-electron chi connectivity index (χ4n) is 7.63. The number of rotatable bonds is 20. The summed E-state index contributed by atoms with van der Waals surface area (Å²) in [5, 5.41) is 2.84. The van der Waals surface area contributed by atoms with Gasteiger partial charge in [0.25, 0.3) is 5.89 Å². The van der Waals surface area contributed by atoms with E-state index < -0.39 is 24.1 Å². The van der Waals surface area contributed by atoms with E-state index in [-0.39, 0.29) is 42.4 Å². The van der Waals surface area contributed by atoms with Crippen LogP contribution in [0.1, 0.15) is 99.7 Å². The number of carbonyl (C=O) groups excluding carboxylic acids is 4. The highest BCUT2D eigenvalue weighted by Gasteiger charge is 2.43. The average molecular weight is 715 g/mol. The van der Waals surface area contributed by atoms with Crippen LogP contribution < -0.4 is 11.1 Å². The number of ether oxygens (including phenoxy) is 2. The summed E-state index contributed by atoms with van der Waals surface area (Å²) >= 11 is 0. The number of unbranched alkanes of at least 4 members (excludes halogenated alkanes) is 1. The molecule has 2 aromatic carbocycles. The Hall–Kier alpha value is -4.09. The lowest BCUT2D eigenvalue weighted by Crippen LogP contribution is -2.52. The summed E-state index contributed by atoms with van der Waals surface area (Å²) in [4.78, 5) is 61.7. The summed E-state index contributed by atoms with van der Waals surface area (Å²) < 4.78 is 17.7. The number of benzene rings is 2. The van der Waals surface area contributed by atoms with Crippen LogP contribution in [0.4, 0.5) is 4.79 Å². The number of para-hydroxylation sites is 2. The van der Waals surface area contributed by atoms with Crippen molar-refractivity contribution in [3.63, 3.8) is 0 Å². The van der Waals surface area contributed by atoms with Crippen molar-refractivity contribution >= 4 is 34.7 Å². The van der Waals surface area contributed by atoms with Crippen molar-refractivity contribution in [3.05, 3.63) is 66.1 Å². The second-order valence-electron chi connectivity index (χ2n) is 14.9. The van der Waals surface area contributed by atoms with Gasteiger partial charge in [-0.05, 0) is 81.0 Å². The number of hydrogen-bond donors (Lipinski definition) is 2. The number of hydrogen-bond acceptors (Lipinski definition) is 9. The second kappa shape index (κ2) is 18.6. The van der Waals surface area contributed by atoms with Gasteiger partial charge in [0.1, 0.15) is 11.6 Å². The normalized spacial score (nSPS) is 20.2. The van der Waals surface area contributed by atoms with E-state index in [2.05, 4.69) is 10.3 Å². The first-order valence-electron chi connectivity index (χ1n) is 19.4. The van der Waals surface area contributed by atoms with Gasteiger partial charge < -0.3 is 29.8 Å². The van der Waals surface area contributed by atoms with Crippen molar-refractivity contribution in [1.82, 2.24) is 15.2 Å². The number of aromatic nitrogens is 1. The van der Waals surface area contributed by atoms with Gasteiger partial charge in [-0.1, -0.05) is 74.6 Å². The number of fused-ring (bicyclic) bond motifs is 1. The van der Waals surface area contributed by atoms with Crippen LogP contribution in [0, 0.1) is 17.8 Å². The molecule has 1 aliphatic heterocycles. The smallest absolute Gasteiger partial charge is 0.407 e. The molecule has 3 aliphatic rings. The lowest BCUT2D eigenvalue weighted by molar-refractivity contribution is -0.139. The number of oxazole rings is 1. The fourth-order valence-corrected chi connectivity index (χ4v) is 7.63. The van der Waals surface area contributed by atoms with Crippen LogP contribution in [0.2, 0.25) is 0 Å². The maximum atomic E-state index is 14.5. The van der Waals surface area contributed by atoms with Crippen LogP contribution >= 0.6 is 0 Å². The minimum atomic E-state index is -0.902. The molecular weight excluding hydrogens is 660 g/mol. The molecule has 0 radical (unpaired) electrons. The molecular formula is C41H54N4O7. The van der Waals surface area contributed by atoms with Crippen molar-refractivity contribution in [2.75, 3.05) is 26.3 Å². The molecule has 2 aliphatic carbocycles. The molecule has 2 saturated carbocycles. The first-order chi connectivity index (χ1) is 25.4. The Morgan fingerprint density at radius 1 is 0.942 bits per heavy atom. The van der Waals surface area contributed by atoms with E-state index >= 15 is 0 Å². The third-order valence-corrected chi connectivity index (χ3v) is 10.9. The zero-order valence-electron chi connectivity index (χ0n) is 30.2. The number of carbonyl (C=O) groups is 4. The van der Waals surface area contributed by atoms with E-state index in [1.54, 1.807) is 17.0 Å². The fraction of sp³-hybridized carbons (Fsp3) is 0.585. The molecule has 0 unspecified atom stereocenters. The Labute approximate surface area is 306 Å². The molecule has 0 bridgehead atoms. The lowest BCUT2D eigenvalue weighted by atomic mass is 9.89. The first kappa shape index (κ1) is 37.7. The molecule has 3 aromatic rings. The number of amides is 2. The highest BCUT2D eigenvalue weighted by Crippen LogP contribution is 2.31. The van der Waals surface area contributed by atoms with E-state index in [1.165, 1.54) is 25.7 Å². The Morgan fingerprint density at radius 2 is 1.71 bits per heavy atom. The summed E-state index contributed by atoms with van der Waals surface area (Å²) in [6, 6.07) is 15.3. The van der Waals surface area contributed by atoms with Gasteiger partial charge in [0.05, 0.1) is 18.8 Å². The highest BCUT2D eigenvalue weighted by molar-refractivity contribution is 6.00. The standard InChI is InChI=1S/C41H54N4O7/c42-22-9-8-14-31(38(47)39-43-33-15-6-7-16-37(33)52-39)24-36(46)35-25-32(50-23-21-29-12-4-5-13-29)26-45(35)40(48)34(20-19-28-10-2-1-3-11-28)44-41(49)51-27-30-17-18-30/h1-3,6-7,10-11,15-16,29-32,34-35H,4-5,8-9,12-14,17-27,42H2,(H,44,49)/t31-,32-,34-,35+/m1/s1. The molecule has 1 saturated heterocycles. The number of Topliss-reactive ketones (excluding diaryl/α,β-unsaturated/α-hetero) is 2. The van der Waals surface area contributed by atoms with Gasteiger partial charge >= 0.3 is 6.09 Å². The predicted octanol–water partition coefficient (Wildman–Crippen LogP) is 6.42. The quantitative estimate of drug-likeness (QED) is 0.0997. The minimum Gasteiger partial charge on any atom is -0.449 e. The van der Waals surface area contributed by atoms with Gasteiger partial charge in [0.15, 0.2) is 11.4 Å². The summed E-state index contributed by atoms with van der Waals surface area (Å²) in [6.45, 7) is 1.60. The first-order valence-corrected chi connectivity index (χ1v) is 19.4. The van der Waals surface area contributed by atoms with Crippen LogP contribution in [0.15, 0.2) is 59.0 Å². The number of nitrogens with zero attached hydrogens (tertiary/aromatic N) is 2. The Kier molecular flexibility index (Phi) is 13.5. The molecule has 3 N–H and O–H groups in total. The molecule has 11 nitrogen and oxygen atoms in total. The summed E-state index contributed by atoms with van der Waals surface area (Å²) in [7, 11) is 0. The van der Waals surface area contributed by atoms with Gasteiger partial charge in [-0.3, -0.25) is 14.4 Å². The lowest BCUT2D eigenvalue weighted by Gasteiger charge is -2.29. The van der Waals surface area contributed by atoms with Crippen LogP contribution in [-0.4, -0.2) is 77.9 Å². The number of likely N-dealkylation sites (tertiary alicyclic amines) is 1. The third kappa shape index (κ3) is 10.5. The Balaban J connectivity index is 1.20. The Morgan fingerprint density at radius 3 is 2.46 bits per heavy atom. The van der Waals surface area contributed by atoms with Gasteiger partial charge in [0.2, 0.25) is 11.7 Å². The zero-order chi connectivity index (χ0) is 36.3. The maximum absolute atomic E-state index is 14.5. The van der Waals surface area contributed by atoms with Gasteiger partial charge in [-0.15, -0.1) is 0 Å². The number of nitrogens with one attached hydrogen (secondary N) is 1. The molecule has 280 valence electrons. The minimum absolute atomic E-state index is 0.0193. The molecule has 2 amide bonds. The van der Waals surface area contributed by atoms with Gasteiger partial charge in [-0.2, -0.15) is 0 Å². The molecule has 2 heterocycles. The molecule has 6 rings (SSSR count). The monoisotopic (exact) mass is 714 g/mol. The van der Waals surface area contributed by atoms with Crippen LogP contribution in [0.25, 0.3) is 11.1 Å². The molecule has 52 heavy (non-hydrogen) atoms. The second-order valence-corrected chi connectivity index (χ2v) is 14.9. The van der Waals surface area contributed by atoms with E-state index in [1.807, 2.05) is 42.5 Å². The van der Waals surface area contributed by atoms with Crippen LogP contribution in [-0.2, 0) is 25.5 Å². The zero-order valence-corrected chi connectivity index (χ0v) is 30.2. The topological polar surface area (TPSA) is 154 Å². The van der Waals surface area contributed by atoms with Gasteiger partial charge in [0, 0.05) is 31.9 Å². The van der Waals surface area contributed by atoms with E-state index in [0.717, 1.165) is 24.8 Å². The van der Waals surface area contributed by atoms with Crippen molar-refractivity contribution in [3.8, 4) is 0 Å². The van der Waals surface area contributed by atoms with E-state index in [9.17, 15) is 19.2 Å². The summed E-state index contributed by atoms with van der Waals surface area (Å²) in [5.74, 6) is -0.563. The van der Waals surface area contributed by atoms with E-state index in [0.29, 0.717) is 81.2 Å². The van der Waals surface area contributed by atoms with Gasteiger partial charge in [-0.25, -0.2) is 9.78 Å². The molecule has 4 atom stereocenters. The molecule has 1 aromatic heterocycles. The van der Waals surface area contributed by atoms with Crippen LogP contribution in [0.5, 0.6) is 0 Å². The number of ketones is 2. The van der Waals surface area contributed by atoms with Crippen molar-refractivity contribution in [1.29, 1.82) is 0 Å². The number of nitrogens with two attached hydrogens (primary N) is 1. The van der Waals surface area contributed by atoms with Crippen molar-refractivity contribution in [2.45, 2.75) is 108 Å². The SMILES string of the molecule is NCCCC[C@H](CC(=O)[C@@H]1C[C@@H](OCCC2CCCC2)CN1C(=O)[C@@H](CCc1ccccc1)NC(=O)OCC1CC1)C(=O)c1nc2ccccc2o1. The average Bonchev–Trinajstić information content (AvgIpc) is 3.49. The highest BCUT2D eigenvalue weighted by atomic mass is 16.5. The molecule has 0 spiro atoms. The van der Waals surface area contributed by atoms with Crippen molar-refractivity contribution in [2.24, 2.45) is 23.5 Å². The molecule has 3 fully saturated rings. The largest absolute Gasteiger partial charge is 0.449 e.